The molecule has 4 nitrogen and oxygen atoms in total. The molecule has 0 spiro atoms. The lowest BCUT2D eigenvalue weighted by molar-refractivity contribution is 0.308. The average molecular weight is 382 g/mol. The Bertz CT molecular complexity index is 876. The van der Waals surface area contributed by atoms with Crippen LogP contribution in [0.1, 0.15) is 44.4 Å². The molecule has 4 rings (SSSR count). The van der Waals surface area contributed by atoms with Crippen LogP contribution in [0.3, 0.4) is 0 Å². The summed E-state index contributed by atoms with van der Waals surface area (Å²) < 4.78 is 7.78. The zero-order chi connectivity index (χ0) is 18.8. The highest BCUT2D eigenvalue weighted by Gasteiger charge is 2.27. The molecule has 0 amide bonds. The first-order valence-electron chi connectivity index (χ1n) is 9.78. The maximum atomic E-state index is 5.52. The monoisotopic (exact) mass is 381 g/mol. The lowest BCUT2D eigenvalue weighted by Crippen LogP contribution is -2.21. The number of benzene rings is 1. The molecule has 0 radical (unpaired) electrons. The van der Waals surface area contributed by atoms with E-state index < -0.39 is 0 Å². The van der Waals surface area contributed by atoms with E-state index in [1.807, 2.05) is 24.8 Å². The van der Waals surface area contributed by atoms with E-state index in [1.54, 1.807) is 6.26 Å². The predicted molar refractivity (Wildman–Crippen MR) is 110 cm³/mol. The Hall–Kier alpha value is -2.01. The first kappa shape index (κ1) is 18.4. The van der Waals surface area contributed by atoms with Crippen LogP contribution in [0, 0.1) is 18.8 Å². The van der Waals surface area contributed by atoms with Crippen LogP contribution in [0.4, 0.5) is 0 Å². The summed E-state index contributed by atoms with van der Waals surface area (Å²) in [4.78, 5) is 0. The van der Waals surface area contributed by atoms with Gasteiger partial charge in [0.2, 0.25) is 0 Å². The molecule has 2 aromatic heterocycles. The van der Waals surface area contributed by atoms with Gasteiger partial charge in [0, 0.05) is 5.25 Å². The molecular formula is C22H27N3OS. The third-order valence-corrected chi connectivity index (χ3v) is 6.64. The fourth-order valence-electron chi connectivity index (χ4n) is 4.22. The molecule has 2 atom stereocenters. The van der Waals surface area contributed by atoms with Gasteiger partial charge in [-0.15, -0.1) is 10.2 Å². The molecule has 1 fully saturated rings. The molecule has 1 aliphatic carbocycles. The third-order valence-electron chi connectivity index (χ3n) is 5.41. The summed E-state index contributed by atoms with van der Waals surface area (Å²) in [7, 11) is 0. The Morgan fingerprint density at radius 2 is 1.78 bits per heavy atom. The molecular weight excluding hydrogens is 354 g/mol. The quantitative estimate of drug-likeness (QED) is 0.559. The van der Waals surface area contributed by atoms with Gasteiger partial charge in [-0.1, -0.05) is 55.9 Å². The van der Waals surface area contributed by atoms with Gasteiger partial charge >= 0.3 is 0 Å². The van der Waals surface area contributed by atoms with Gasteiger partial charge in [-0.05, 0) is 49.7 Å². The number of rotatable bonds is 5. The minimum absolute atomic E-state index is 0.612. The highest BCUT2D eigenvalue weighted by molar-refractivity contribution is 7.99. The summed E-state index contributed by atoms with van der Waals surface area (Å²) in [6, 6.07) is 12.5. The highest BCUT2D eigenvalue weighted by atomic mass is 32.2. The second-order valence-electron chi connectivity index (χ2n) is 7.93. The van der Waals surface area contributed by atoms with E-state index in [4.69, 9.17) is 4.42 Å². The molecule has 1 aromatic carbocycles. The van der Waals surface area contributed by atoms with Crippen LogP contribution < -0.4 is 0 Å². The Labute approximate surface area is 165 Å². The zero-order valence-corrected chi connectivity index (χ0v) is 17.1. The van der Waals surface area contributed by atoms with Crippen LogP contribution in [0.2, 0.25) is 0 Å². The number of hydrogen-bond donors (Lipinski definition) is 0. The lowest BCUT2D eigenvalue weighted by Gasteiger charge is -2.30. The molecule has 27 heavy (non-hydrogen) atoms. The molecule has 2 heterocycles. The fraction of sp³-hybridized carbons (Fsp3) is 0.455. The molecule has 142 valence electrons. The van der Waals surface area contributed by atoms with Gasteiger partial charge in [0.1, 0.15) is 5.76 Å². The van der Waals surface area contributed by atoms with Gasteiger partial charge in [0.25, 0.3) is 0 Å². The Balaban J connectivity index is 1.66. The average Bonchev–Trinajstić information content (AvgIpc) is 3.21. The van der Waals surface area contributed by atoms with Crippen molar-refractivity contribution in [2.75, 3.05) is 0 Å². The van der Waals surface area contributed by atoms with Crippen LogP contribution in [0.25, 0.3) is 11.4 Å². The molecule has 3 aromatic rings. The molecule has 0 bridgehead atoms. The van der Waals surface area contributed by atoms with E-state index in [1.165, 1.54) is 24.8 Å². The second kappa shape index (κ2) is 7.93. The largest absolute Gasteiger partial charge is 0.469 e. The van der Waals surface area contributed by atoms with E-state index >= 15 is 0 Å². The molecule has 0 aliphatic heterocycles. The highest BCUT2D eigenvalue weighted by Crippen LogP contribution is 2.39. The summed E-state index contributed by atoms with van der Waals surface area (Å²) in [5, 5.41) is 10.8. The summed E-state index contributed by atoms with van der Waals surface area (Å²) in [5.74, 6) is 3.34. The minimum atomic E-state index is 0.612. The second-order valence-corrected chi connectivity index (χ2v) is 9.19. The zero-order valence-electron chi connectivity index (χ0n) is 16.3. The van der Waals surface area contributed by atoms with Crippen molar-refractivity contribution in [1.82, 2.24) is 14.8 Å². The van der Waals surface area contributed by atoms with Crippen molar-refractivity contribution in [1.29, 1.82) is 0 Å². The normalized spacial score (nSPS) is 22.9. The van der Waals surface area contributed by atoms with Crippen LogP contribution in [0.15, 0.2) is 52.2 Å². The van der Waals surface area contributed by atoms with Gasteiger partial charge in [0.05, 0.1) is 18.4 Å². The number of hydrogen-bond acceptors (Lipinski definition) is 4. The topological polar surface area (TPSA) is 43.9 Å². The maximum absolute atomic E-state index is 5.52. The molecule has 5 heteroatoms. The van der Waals surface area contributed by atoms with Crippen molar-refractivity contribution in [3.63, 3.8) is 0 Å². The van der Waals surface area contributed by atoms with Gasteiger partial charge in [-0.3, -0.25) is 4.57 Å². The third kappa shape index (κ3) is 4.13. The van der Waals surface area contributed by atoms with Crippen LogP contribution in [-0.2, 0) is 6.54 Å². The summed E-state index contributed by atoms with van der Waals surface area (Å²) in [5.41, 5.74) is 2.28. The SMILES string of the molecule is Cc1occc1-c1nnc(SC2CC(C)CC(C)C2)n1Cc1ccccc1. The van der Waals surface area contributed by atoms with Crippen molar-refractivity contribution in [3.05, 3.63) is 54.0 Å². The molecule has 1 aliphatic rings. The number of thioether (sulfide) groups is 1. The number of aromatic nitrogens is 3. The number of aryl methyl sites for hydroxylation is 1. The van der Waals surface area contributed by atoms with E-state index in [-0.39, 0.29) is 0 Å². The van der Waals surface area contributed by atoms with Gasteiger partial charge in [-0.2, -0.15) is 0 Å². The smallest absolute Gasteiger partial charge is 0.192 e. The van der Waals surface area contributed by atoms with Crippen LogP contribution in [0.5, 0.6) is 0 Å². The van der Waals surface area contributed by atoms with Crippen molar-refractivity contribution in [3.8, 4) is 11.4 Å². The Kier molecular flexibility index (Phi) is 5.39. The van der Waals surface area contributed by atoms with Gasteiger partial charge < -0.3 is 4.42 Å². The van der Waals surface area contributed by atoms with Gasteiger partial charge in [0.15, 0.2) is 11.0 Å². The van der Waals surface area contributed by atoms with E-state index in [9.17, 15) is 0 Å². The van der Waals surface area contributed by atoms with Crippen molar-refractivity contribution in [2.45, 2.75) is 57.0 Å². The minimum Gasteiger partial charge on any atom is -0.469 e. The van der Waals surface area contributed by atoms with E-state index in [2.05, 4.69) is 58.9 Å². The Morgan fingerprint density at radius 1 is 1.04 bits per heavy atom. The first-order chi connectivity index (χ1) is 13.1. The lowest BCUT2D eigenvalue weighted by atomic mass is 9.83. The number of nitrogens with zero attached hydrogens (tertiary/aromatic N) is 3. The predicted octanol–water partition coefficient (Wildman–Crippen LogP) is 5.81. The fourth-order valence-corrected chi connectivity index (χ4v) is 5.73. The standard InChI is InChI=1S/C22H27N3OS/c1-15-11-16(2)13-19(12-15)27-22-24-23-21(20-9-10-26-17(20)3)25(22)14-18-7-5-4-6-8-18/h4-10,15-16,19H,11-14H2,1-3H3. The maximum Gasteiger partial charge on any atom is 0.192 e. The van der Waals surface area contributed by atoms with Crippen LogP contribution >= 0.6 is 11.8 Å². The van der Waals surface area contributed by atoms with Gasteiger partial charge in [-0.25, -0.2) is 0 Å². The van der Waals surface area contributed by atoms with E-state index in [0.29, 0.717) is 5.25 Å². The van der Waals surface area contributed by atoms with Crippen molar-refractivity contribution >= 4 is 11.8 Å². The summed E-state index contributed by atoms with van der Waals surface area (Å²) >= 11 is 1.90. The number of furan rings is 1. The summed E-state index contributed by atoms with van der Waals surface area (Å²) in [6.45, 7) is 7.50. The van der Waals surface area contributed by atoms with E-state index in [0.717, 1.165) is 40.7 Å². The molecule has 1 saturated carbocycles. The van der Waals surface area contributed by atoms with Crippen molar-refractivity contribution < 1.29 is 4.42 Å². The van der Waals surface area contributed by atoms with Crippen LogP contribution in [-0.4, -0.2) is 20.0 Å². The molecule has 0 N–H and O–H groups in total. The van der Waals surface area contributed by atoms with Crippen molar-refractivity contribution in [2.24, 2.45) is 11.8 Å². The molecule has 2 unspecified atom stereocenters. The summed E-state index contributed by atoms with van der Waals surface area (Å²) in [6.07, 6.45) is 5.58. The molecule has 0 saturated heterocycles. The Morgan fingerprint density at radius 3 is 2.44 bits per heavy atom. The first-order valence-corrected chi connectivity index (χ1v) is 10.7.